The number of piperidine rings is 1. The fourth-order valence-corrected chi connectivity index (χ4v) is 5.46. The number of carbonyl (C=O) groups excluding carboxylic acids is 1. The lowest BCUT2D eigenvalue weighted by Gasteiger charge is -2.34. The van der Waals surface area contributed by atoms with Crippen LogP contribution >= 0.6 is 23.6 Å². The van der Waals surface area contributed by atoms with Gasteiger partial charge in [0.15, 0.2) is 10.6 Å². The summed E-state index contributed by atoms with van der Waals surface area (Å²) < 4.78 is 2.32. The number of nitrogens with zero attached hydrogens (tertiary/aromatic N) is 3. The van der Waals surface area contributed by atoms with Crippen LogP contribution in [0, 0.1) is 4.77 Å². The van der Waals surface area contributed by atoms with Crippen LogP contribution in [0.25, 0.3) is 21.6 Å². The molecule has 4 heterocycles. The first-order valence-electron chi connectivity index (χ1n) is 10.2. The number of carbonyl (C=O) groups is 1. The molecule has 1 aliphatic heterocycles. The van der Waals surface area contributed by atoms with Crippen molar-refractivity contribution in [1.82, 2.24) is 24.6 Å². The van der Waals surface area contributed by atoms with Crippen molar-refractivity contribution >= 4 is 40.4 Å². The Labute approximate surface area is 183 Å². The maximum Gasteiger partial charge on any atom is 0.245 e. The first-order chi connectivity index (χ1) is 14.6. The van der Waals surface area contributed by atoms with Crippen LogP contribution in [0.1, 0.15) is 37.3 Å². The molecular weight excluding hydrogens is 414 g/mol. The second-order valence-corrected chi connectivity index (χ2v) is 9.10. The van der Waals surface area contributed by atoms with Gasteiger partial charge in [-0.05, 0) is 61.0 Å². The molecule has 1 saturated heterocycles. The maximum atomic E-state index is 13.3. The zero-order valence-corrected chi connectivity index (χ0v) is 18.3. The number of amides is 1. The minimum Gasteiger partial charge on any atom is -0.361 e. The highest BCUT2D eigenvalue weighted by atomic mass is 32.1. The van der Waals surface area contributed by atoms with E-state index in [1.54, 1.807) is 11.3 Å². The van der Waals surface area contributed by atoms with Crippen LogP contribution < -0.4 is 0 Å². The molecule has 1 atom stereocenters. The summed E-state index contributed by atoms with van der Waals surface area (Å²) in [6.45, 7) is 3.43. The number of rotatable bonds is 4. The number of hydrogen-bond acceptors (Lipinski definition) is 4. The minimum atomic E-state index is -0.391. The Kier molecular flexibility index (Phi) is 5.04. The summed E-state index contributed by atoms with van der Waals surface area (Å²) in [7, 11) is 0. The molecule has 30 heavy (non-hydrogen) atoms. The molecule has 0 saturated carbocycles. The highest BCUT2D eigenvalue weighted by Gasteiger charge is 2.30. The average molecular weight is 438 g/mol. The molecule has 1 fully saturated rings. The predicted molar refractivity (Wildman–Crippen MR) is 122 cm³/mol. The molecule has 0 bridgehead atoms. The summed E-state index contributed by atoms with van der Waals surface area (Å²) in [5.41, 5.74) is 2.54. The van der Waals surface area contributed by atoms with Gasteiger partial charge in [-0.1, -0.05) is 24.3 Å². The van der Waals surface area contributed by atoms with Crippen LogP contribution in [-0.4, -0.2) is 43.6 Å². The van der Waals surface area contributed by atoms with Crippen molar-refractivity contribution < 1.29 is 4.79 Å². The van der Waals surface area contributed by atoms with E-state index < -0.39 is 6.04 Å². The van der Waals surface area contributed by atoms with Crippen LogP contribution in [0.3, 0.4) is 0 Å². The Morgan fingerprint density at radius 3 is 2.80 bits per heavy atom. The molecule has 4 aromatic rings. The van der Waals surface area contributed by atoms with Gasteiger partial charge < -0.3 is 9.88 Å². The molecule has 6 nitrogen and oxygen atoms in total. The zero-order valence-electron chi connectivity index (χ0n) is 16.7. The number of H-pyrrole nitrogens is 2. The quantitative estimate of drug-likeness (QED) is 0.436. The molecule has 1 amide bonds. The van der Waals surface area contributed by atoms with Crippen molar-refractivity contribution in [2.45, 2.75) is 31.7 Å². The number of thiophene rings is 1. The minimum absolute atomic E-state index is 0.0997. The topological polar surface area (TPSA) is 69.7 Å². The third kappa shape index (κ3) is 3.30. The van der Waals surface area contributed by atoms with Crippen molar-refractivity contribution in [2.24, 2.45) is 0 Å². The zero-order chi connectivity index (χ0) is 20.7. The third-order valence-electron chi connectivity index (χ3n) is 6.06. The molecule has 154 valence electrons. The molecule has 3 aromatic heterocycles. The Morgan fingerprint density at radius 1 is 1.23 bits per heavy atom. The maximum absolute atomic E-state index is 13.3. The van der Waals surface area contributed by atoms with Crippen molar-refractivity contribution in [1.29, 1.82) is 0 Å². The number of aromatic amines is 2. The monoisotopic (exact) mass is 437 g/mol. The number of aromatic nitrogens is 4. The van der Waals surface area contributed by atoms with Crippen LogP contribution in [0.5, 0.6) is 0 Å². The van der Waals surface area contributed by atoms with E-state index in [0.717, 1.165) is 36.6 Å². The van der Waals surface area contributed by atoms with E-state index >= 15 is 0 Å². The van der Waals surface area contributed by atoms with Crippen LogP contribution in [0.15, 0.2) is 48.0 Å². The second kappa shape index (κ2) is 7.85. The second-order valence-electron chi connectivity index (χ2n) is 7.76. The van der Waals surface area contributed by atoms with Crippen molar-refractivity contribution in [3.63, 3.8) is 0 Å². The fourth-order valence-electron chi connectivity index (χ4n) is 4.46. The Hall–Kier alpha value is -2.71. The predicted octanol–water partition coefficient (Wildman–Crippen LogP) is 5.12. The molecule has 1 unspecified atom stereocenters. The normalized spacial score (nSPS) is 16.2. The number of nitrogens with one attached hydrogen (secondary N) is 2. The Morgan fingerprint density at radius 2 is 2.03 bits per heavy atom. The summed E-state index contributed by atoms with van der Waals surface area (Å²) in [6, 6.07) is 12.0. The van der Waals surface area contributed by atoms with Gasteiger partial charge in [-0.2, -0.15) is 5.10 Å². The van der Waals surface area contributed by atoms with Gasteiger partial charge in [-0.3, -0.25) is 14.5 Å². The highest BCUT2D eigenvalue weighted by Crippen LogP contribution is 2.34. The van der Waals surface area contributed by atoms with Crippen LogP contribution in [0.4, 0.5) is 0 Å². The van der Waals surface area contributed by atoms with E-state index in [9.17, 15) is 4.79 Å². The lowest BCUT2D eigenvalue weighted by Crippen LogP contribution is -2.41. The molecule has 0 spiro atoms. The summed E-state index contributed by atoms with van der Waals surface area (Å²) in [5.74, 6) is 1.30. The standard InChI is InChI=1S/C22H23N5OS2/c1-14(27-20(24-25-22(27)29)19-7-4-12-30-19)21(28)26-10-8-15(9-11-26)17-13-23-18-6-3-2-5-16(17)18/h2-7,12-15,23H,8-11H2,1H3,(H,25,29). The number of para-hydroxylation sites is 1. The fraction of sp³-hybridized carbons (Fsp3) is 0.318. The van der Waals surface area contributed by atoms with E-state index in [4.69, 9.17) is 12.2 Å². The summed E-state index contributed by atoms with van der Waals surface area (Å²) in [6.07, 6.45) is 4.07. The number of benzene rings is 1. The molecule has 8 heteroatoms. The summed E-state index contributed by atoms with van der Waals surface area (Å²) in [5, 5.41) is 10.5. The average Bonchev–Trinajstić information content (AvgIpc) is 3.52. The van der Waals surface area contributed by atoms with Gasteiger partial charge in [0.05, 0.1) is 4.88 Å². The highest BCUT2D eigenvalue weighted by molar-refractivity contribution is 7.71. The van der Waals surface area contributed by atoms with Gasteiger partial charge in [-0.25, -0.2) is 0 Å². The van der Waals surface area contributed by atoms with E-state index in [-0.39, 0.29) is 5.91 Å². The van der Waals surface area contributed by atoms with E-state index in [1.165, 1.54) is 16.5 Å². The van der Waals surface area contributed by atoms with Crippen LogP contribution in [-0.2, 0) is 4.79 Å². The molecule has 0 aliphatic carbocycles. The lowest BCUT2D eigenvalue weighted by atomic mass is 9.89. The summed E-state index contributed by atoms with van der Waals surface area (Å²) in [4.78, 5) is 19.6. The van der Waals surface area contributed by atoms with Gasteiger partial charge in [0.1, 0.15) is 6.04 Å². The largest absolute Gasteiger partial charge is 0.361 e. The molecule has 0 radical (unpaired) electrons. The Balaban J connectivity index is 1.32. The van der Waals surface area contributed by atoms with E-state index in [1.807, 2.05) is 33.9 Å². The molecule has 1 aliphatic rings. The van der Waals surface area contributed by atoms with E-state index in [2.05, 4.69) is 45.6 Å². The number of likely N-dealkylation sites (tertiary alicyclic amines) is 1. The van der Waals surface area contributed by atoms with Gasteiger partial charge in [0.2, 0.25) is 5.91 Å². The van der Waals surface area contributed by atoms with E-state index in [0.29, 0.717) is 10.7 Å². The smallest absolute Gasteiger partial charge is 0.245 e. The molecular formula is C22H23N5OS2. The molecule has 5 rings (SSSR count). The number of fused-ring (bicyclic) bond motifs is 1. The SMILES string of the molecule is CC(C(=O)N1CCC(c2c[nH]c3ccccc23)CC1)n1c(-c2cccs2)n[nH]c1=S. The van der Waals surface area contributed by atoms with Crippen molar-refractivity contribution in [3.8, 4) is 10.7 Å². The van der Waals surface area contributed by atoms with Gasteiger partial charge in [0.25, 0.3) is 0 Å². The van der Waals surface area contributed by atoms with Crippen molar-refractivity contribution in [3.05, 3.63) is 58.3 Å². The third-order valence-corrected chi connectivity index (χ3v) is 7.21. The lowest BCUT2D eigenvalue weighted by molar-refractivity contribution is -0.135. The Bertz CT molecular complexity index is 1230. The van der Waals surface area contributed by atoms with Gasteiger partial charge in [0, 0.05) is 30.2 Å². The summed E-state index contributed by atoms with van der Waals surface area (Å²) >= 11 is 7.03. The van der Waals surface area contributed by atoms with Gasteiger partial charge >= 0.3 is 0 Å². The first-order valence-corrected chi connectivity index (χ1v) is 11.5. The number of hydrogen-bond donors (Lipinski definition) is 2. The van der Waals surface area contributed by atoms with Crippen LogP contribution in [0.2, 0.25) is 0 Å². The molecule has 1 aromatic carbocycles. The van der Waals surface area contributed by atoms with Crippen molar-refractivity contribution in [2.75, 3.05) is 13.1 Å². The first kappa shape index (κ1) is 19.3. The van der Waals surface area contributed by atoms with Gasteiger partial charge in [-0.15, -0.1) is 11.3 Å². The molecule has 2 N–H and O–H groups in total.